The molecule has 3 rings (SSSR count). The molecule has 2 aromatic heterocycles. The molecule has 0 unspecified atom stereocenters. The average molecular weight is 352 g/mol. The number of rotatable bonds is 5. The van der Waals surface area contributed by atoms with Crippen LogP contribution in [0.3, 0.4) is 0 Å². The molecule has 0 N–H and O–H groups in total. The Balaban J connectivity index is 2.02. The van der Waals surface area contributed by atoms with Crippen LogP contribution >= 0.6 is 0 Å². The van der Waals surface area contributed by atoms with Gasteiger partial charge >= 0.3 is 0 Å². The van der Waals surface area contributed by atoms with Crippen molar-refractivity contribution in [3.63, 3.8) is 0 Å². The van der Waals surface area contributed by atoms with E-state index in [0.29, 0.717) is 28.6 Å². The summed E-state index contributed by atoms with van der Waals surface area (Å²) in [5.41, 5.74) is 2.95. The molecule has 2 heterocycles. The lowest BCUT2D eigenvalue weighted by molar-refractivity contribution is 0.324. The molecular formula is C20H20N2O4. The fourth-order valence-electron chi connectivity index (χ4n) is 2.69. The number of nitrogens with zero attached hydrogens (tertiary/aromatic N) is 2. The van der Waals surface area contributed by atoms with Gasteiger partial charge in [-0.25, -0.2) is 4.98 Å². The predicted octanol–water partition coefficient (Wildman–Crippen LogP) is 3.20. The van der Waals surface area contributed by atoms with Crippen molar-refractivity contribution in [3.05, 3.63) is 63.7 Å². The van der Waals surface area contributed by atoms with Crippen LogP contribution in [0.2, 0.25) is 0 Å². The monoisotopic (exact) mass is 352 g/mol. The molecule has 26 heavy (non-hydrogen) atoms. The van der Waals surface area contributed by atoms with Crippen molar-refractivity contribution in [3.8, 4) is 17.2 Å². The highest BCUT2D eigenvalue weighted by atomic mass is 16.5. The normalized spacial score (nSPS) is 11.1. The highest BCUT2D eigenvalue weighted by Crippen LogP contribution is 2.38. The van der Waals surface area contributed by atoms with Crippen LogP contribution in [0.5, 0.6) is 17.2 Å². The smallest absolute Gasteiger partial charge is 0.258 e. The van der Waals surface area contributed by atoms with E-state index in [4.69, 9.17) is 14.2 Å². The van der Waals surface area contributed by atoms with Gasteiger partial charge in [-0.2, -0.15) is 0 Å². The Morgan fingerprint density at radius 3 is 2.27 bits per heavy atom. The Morgan fingerprint density at radius 1 is 0.962 bits per heavy atom. The van der Waals surface area contributed by atoms with Crippen LogP contribution in [0.25, 0.3) is 17.8 Å². The van der Waals surface area contributed by atoms with Crippen LogP contribution in [0.4, 0.5) is 0 Å². The van der Waals surface area contributed by atoms with E-state index in [9.17, 15) is 4.79 Å². The maximum atomic E-state index is 12.2. The zero-order valence-corrected chi connectivity index (χ0v) is 15.1. The number of ether oxygens (including phenoxy) is 3. The molecular weight excluding hydrogens is 332 g/mol. The maximum Gasteiger partial charge on any atom is 0.258 e. The SMILES string of the molecule is COc1cc(/C=C/c2cc(=O)n3ccc(C)cc3n2)cc(OC)c1OC. The highest BCUT2D eigenvalue weighted by Gasteiger charge is 2.12. The second-order valence-electron chi connectivity index (χ2n) is 5.74. The van der Waals surface area contributed by atoms with Crippen LogP contribution in [-0.4, -0.2) is 30.7 Å². The van der Waals surface area contributed by atoms with Gasteiger partial charge in [0, 0.05) is 12.3 Å². The van der Waals surface area contributed by atoms with E-state index in [-0.39, 0.29) is 5.56 Å². The first-order valence-electron chi connectivity index (χ1n) is 8.04. The minimum atomic E-state index is -0.125. The van der Waals surface area contributed by atoms with Crippen molar-refractivity contribution < 1.29 is 14.2 Å². The molecule has 3 aromatic rings. The number of aromatic nitrogens is 2. The first kappa shape index (κ1) is 17.5. The van der Waals surface area contributed by atoms with E-state index in [1.165, 1.54) is 10.5 Å². The van der Waals surface area contributed by atoms with Gasteiger partial charge in [-0.05, 0) is 48.4 Å². The van der Waals surface area contributed by atoms with Crippen molar-refractivity contribution >= 4 is 17.8 Å². The first-order chi connectivity index (χ1) is 12.5. The van der Waals surface area contributed by atoms with Crippen molar-refractivity contribution in [2.45, 2.75) is 6.92 Å². The summed E-state index contributed by atoms with van der Waals surface area (Å²) >= 11 is 0. The molecule has 0 amide bonds. The van der Waals surface area contributed by atoms with Crippen LogP contribution in [-0.2, 0) is 0 Å². The van der Waals surface area contributed by atoms with Gasteiger partial charge < -0.3 is 14.2 Å². The molecule has 0 bridgehead atoms. The zero-order chi connectivity index (χ0) is 18.7. The number of fused-ring (bicyclic) bond motifs is 1. The molecule has 0 radical (unpaired) electrons. The Morgan fingerprint density at radius 2 is 1.65 bits per heavy atom. The molecule has 0 fully saturated rings. The van der Waals surface area contributed by atoms with Crippen molar-refractivity contribution in [2.75, 3.05) is 21.3 Å². The van der Waals surface area contributed by atoms with Crippen molar-refractivity contribution in [1.29, 1.82) is 0 Å². The number of benzene rings is 1. The quantitative estimate of drug-likeness (QED) is 0.706. The summed E-state index contributed by atoms with van der Waals surface area (Å²) in [6, 6.07) is 8.91. The zero-order valence-electron chi connectivity index (χ0n) is 15.1. The predicted molar refractivity (Wildman–Crippen MR) is 101 cm³/mol. The average Bonchev–Trinajstić information content (AvgIpc) is 2.64. The molecule has 0 saturated carbocycles. The van der Waals surface area contributed by atoms with E-state index >= 15 is 0 Å². The van der Waals surface area contributed by atoms with Gasteiger partial charge in [0.05, 0.1) is 27.0 Å². The van der Waals surface area contributed by atoms with Crippen LogP contribution in [0.15, 0.2) is 41.3 Å². The first-order valence-corrected chi connectivity index (χ1v) is 8.04. The third-order valence-corrected chi connectivity index (χ3v) is 3.98. The fraction of sp³-hybridized carbons (Fsp3) is 0.200. The standard InChI is InChI=1S/C20H20N2O4/c1-13-7-8-22-18(9-13)21-15(12-19(22)23)6-5-14-10-16(24-2)20(26-4)17(11-14)25-3/h5-12H,1-4H3/b6-5+. The molecule has 0 aliphatic rings. The second-order valence-corrected chi connectivity index (χ2v) is 5.74. The van der Waals surface area contributed by atoms with Gasteiger partial charge in [0.25, 0.3) is 5.56 Å². The van der Waals surface area contributed by atoms with Gasteiger partial charge in [0.2, 0.25) is 5.75 Å². The van der Waals surface area contributed by atoms with Crippen LogP contribution in [0.1, 0.15) is 16.8 Å². The largest absolute Gasteiger partial charge is 0.493 e. The molecule has 0 aliphatic heterocycles. The molecule has 1 aromatic carbocycles. The Hall–Kier alpha value is -3.28. The van der Waals surface area contributed by atoms with E-state index < -0.39 is 0 Å². The van der Waals surface area contributed by atoms with Gasteiger partial charge in [-0.3, -0.25) is 9.20 Å². The number of hydrogen-bond acceptors (Lipinski definition) is 5. The fourth-order valence-corrected chi connectivity index (χ4v) is 2.69. The van der Waals surface area contributed by atoms with E-state index in [0.717, 1.165) is 11.1 Å². The van der Waals surface area contributed by atoms with E-state index in [2.05, 4.69) is 4.98 Å². The summed E-state index contributed by atoms with van der Waals surface area (Å²) < 4.78 is 17.5. The minimum absolute atomic E-state index is 0.125. The van der Waals surface area contributed by atoms with Crippen molar-refractivity contribution in [2.24, 2.45) is 0 Å². The molecule has 6 heteroatoms. The summed E-state index contributed by atoms with van der Waals surface area (Å²) in [6.45, 7) is 1.96. The summed E-state index contributed by atoms with van der Waals surface area (Å²) in [7, 11) is 4.70. The summed E-state index contributed by atoms with van der Waals surface area (Å²) in [4.78, 5) is 16.8. The third-order valence-electron chi connectivity index (χ3n) is 3.98. The lowest BCUT2D eigenvalue weighted by Gasteiger charge is -2.12. The Kier molecular flexibility index (Phi) is 4.93. The summed E-state index contributed by atoms with van der Waals surface area (Å²) in [5, 5.41) is 0. The van der Waals surface area contributed by atoms with E-state index in [1.807, 2.05) is 37.3 Å². The highest BCUT2D eigenvalue weighted by molar-refractivity contribution is 5.72. The van der Waals surface area contributed by atoms with Gasteiger partial charge in [0.15, 0.2) is 11.5 Å². The van der Waals surface area contributed by atoms with Crippen LogP contribution in [0, 0.1) is 6.92 Å². The number of hydrogen-bond donors (Lipinski definition) is 0. The molecule has 0 aliphatic carbocycles. The maximum absolute atomic E-state index is 12.2. The molecule has 134 valence electrons. The summed E-state index contributed by atoms with van der Waals surface area (Å²) in [5.74, 6) is 1.66. The molecule has 0 atom stereocenters. The third kappa shape index (κ3) is 3.39. The Bertz CT molecular complexity index is 1010. The van der Waals surface area contributed by atoms with Crippen molar-refractivity contribution in [1.82, 2.24) is 9.38 Å². The van der Waals surface area contributed by atoms with E-state index in [1.54, 1.807) is 33.6 Å². The number of methoxy groups -OCH3 is 3. The number of pyridine rings is 1. The number of aryl methyl sites for hydroxylation is 1. The van der Waals surface area contributed by atoms with Gasteiger partial charge in [-0.15, -0.1) is 0 Å². The lowest BCUT2D eigenvalue weighted by Crippen LogP contribution is -2.14. The Labute approximate surface area is 151 Å². The molecule has 6 nitrogen and oxygen atoms in total. The second kappa shape index (κ2) is 7.31. The molecule has 0 spiro atoms. The van der Waals surface area contributed by atoms with Crippen LogP contribution < -0.4 is 19.8 Å². The molecule has 0 saturated heterocycles. The lowest BCUT2D eigenvalue weighted by atomic mass is 10.1. The minimum Gasteiger partial charge on any atom is -0.493 e. The summed E-state index contributed by atoms with van der Waals surface area (Å²) in [6.07, 6.45) is 5.36. The topological polar surface area (TPSA) is 62.1 Å². The van der Waals surface area contributed by atoms with Gasteiger partial charge in [0.1, 0.15) is 5.65 Å². The van der Waals surface area contributed by atoms with Gasteiger partial charge in [-0.1, -0.05) is 6.08 Å².